The molecule has 1 aliphatic carbocycles. The van der Waals surface area contributed by atoms with Gasteiger partial charge in [0, 0.05) is 24.5 Å². The summed E-state index contributed by atoms with van der Waals surface area (Å²) in [5, 5.41) is 6.73. The SMILES string of the molecule is O=C1NC(c2ccccc2)NC2CCC(n3ccnc3)CC12. The molecule has 1 saturated heterocycles. The van der Waals surface area contributed by atoms with Gasteiger partial charge in [0.1, 0.15) is 6.17 Å². The number of carbonyl (C=O) groups excluding carboxylic acids is 1. The zero-order valence-electron chi connectivity index (χ0n) is 12.4. The Kier molecular flexibility index (Phi) is 3.42. The molecule has 22 heavy (non-hydrogen) atoms. The second kappa shape index (κ2) is 5.57. The number of rotatable bonds is 2. The van der Waals surface area contributed by atoms with Crippen molar-refractivity contribution >= 4 is 5.91 Å². The highest BCUT2D eigenvalue weighted by Gasteiger charge is 2.40. The first-order chi connectivity index (χ1) is 10.8. The fourth-order valence-electron chi connectivity index (χ4n) is 3.72. The molecule has 2 fully saturated rings. The first-order valence-electron chi connectivity index (χ1n) is 7.90. The summed E-state index contributed by atoms with van der Waals surface area (Å²) in [5.74, 6) is 0.212. The Balaban J connectivity index is 1.49. The molecule has 1 amide bonds. The first kappa shape index (κ1) is 13.5. The number of nitrogens with one attached hydrogen (secondary N) is 2. The summed E-state index contributed by atoms with van der Waals surface area (Å²) in [6, 6.07) is 10.7. The van der Waals surface area contributed by atoms with Crippen molar-refractivity contribution in [1.82, 2.24) is 20.2 Å². The van der Waals surface area contributed by atoms with E-state index in [0.717, 1.165) is 24.8 Å². The van der Waals surface area contributed by atoms with E-state index in [1.807, 2.05) is 30.7 Å². The van der Waals surface area contributed by atoms with E-state index in [1.165, 1.54) is 0 Å². The van der Waals surface area contributed by atoms with Crippen molar-refractivity contribution in [3.8, 4) is 0 Å². The van der Waals surface area contributed by atoms with Crippen molar-refractivity contribution in [3.05, 3.63) is 54.6 Å². The highest BCUT2D eigenvalue weighted by molar-refractivity contribution is 5.81. The number of hydrogen-bond donors (Lipinski definition) is 2. The highest BCUT2D eigenvalue weighted by atomic mass is 16.2. The van der Waals surface area contributed by atoms with E-state index >= 15 is 0 Å². The Bertz CT molecular complexity index is 640. The molecule has 2 heterocycles. The van der Waals surface area contributed by atoms with Crippen molar-refractivity contribution in [2.24, 2.45) is 5.92 Å². The maximum absolute atomic E-state index is 12.6. The van der Waals surface area contributed by atoms with Crippen LogP contribution in [0, 0.1) is 5.92 Å². The summed E-state index contributed by atoms with van der Waals surface area (Å²) in [4.78, 5) is 16.7. The van der Waals surface area contributed by atoms with Crippen LogP contribution in [0.25, 0.3) is 0 Å². The Morgan fingerprint density at radius 2 is 2.05 bits per heavy atom. The van der Waals surface area contributed by atoms with Crippen LogP contribution in [-0.4, -0.2) is 21.5 Å². The van der Waals surface area contributed by atoms with E-state index in [-0.39, 0.29) is 24.0 Å². The second-order valence-corrected chi connectivity index (χ2v) is 6.21. The number of hydrogen-bond acceptors (Lipinski definition) is 3. The van der Waals surface area contributed by atoms with Gasteiger partial charge in [-0.05, 0) is 24.8 Å². The fourth-order valence-corrected chi connectivity index (χ4v) is 3.72. The first-order valence-corrected chi connectivity index (χ1v) is 7.90. The minimum Gasteiger partial charge on any atom is -0.336 e. The molecular weight excluding hydrogens is 276 g/mol. The summed E-state index contributed by atoms with van der Waals surface area (Å²) in [6.07, 6.45) is 8.55. The van der Waals surface area contributed by atoms with Gasteiger partial charge in [-0.25, -0.2) is 4.98 Å². The predicted octanol–water partition coefficient (Wildman–Crippen LogP) is 2.01. The van der Waals surface area contributed by atoms with Gasteiger partial charge in [-0.1, -0.05) is 30.3 Å². The van der Waals surface area contributed by atoms with Crippen LogP contribution < -0.4 is 10.6 Å². The van der Waals surface area contributed by atoms with Gasteiger partial charge in [0.25, 0.3) is 0 Å². The normalized spacial score (nSPS) is 31.4. The lowest BCUT2D eigenvalue weighted by Crippen LogP contribution is -2.58. The molecule has 2 N–H and O–H groups in total. The van der Waals surface area contributed by atoms with Crippen LogP contribution in [0.3, 0.4) is 0 Å². The minimum absolute atomic E-state index is 0.0427. The van der Waals surface area contributed by atoms with Gasteiger partial charge in [-0.15, -0.1) is 0 Å². The number of nitrogens with zero attached hydrogens (tertiary/aromatic N) is 2. The molecule has 2 aliphatic rings. The molecular formula is C17H20N4O. The largest absolute Gasteiger partial charge is 0.336 e. The second-order valence-electron chi connectivity index (χ2n) is 6.21. The highest BCUT2D eigenvalue weighted by Crippen LogP contribution is 2.36. The molecule has 4 rings (SSSR count). The van der Waals surface area contributed by atoms with Crippen LogP contribution in [0.2, 0.25) is 0 Å². The van der Waals surface area contributed by atoms with Crippen molar-refractivity contribution in [3.63, 3.8) is 0 Å². The molecule has 1 aromatic carbocycles. The summed E-state index contributed by atoms with van der Waals surface area (Å²) < 4.78 is 2.13. The molecule has 1 aromatic heterocycles. The van der Waals surface area contributed by atoms with Crippen molar-refractivity contribution in [1.29, 1.82) is 0 Å². The Labute approximate surface area is 129 Å². The molecule has 0 radical (unpaired) electrons. The molecule has 1 aliphatic heterocycles. The number of fused-ring (bicyclic) bond motifs is 1. The maximum Gasteiger partial charge on any atom is 0.226 e. The number of carbonyl (C=O) groups is 1. The zero-order chi connectivity index (χ0) is 14.9. The molecule has 0 spiro atoms. The molecule has 114 valence electrons. The fraction of sp³-hybridized carbons (Fsp3) is 0.412. The third kappa shape index (κ3) is 2.41. The van der Waals surface area contributed by atoms with Crippen molar-refractivity contribution in [2.45, 2.75) is 37.5 Å². The smallest absolute Gasteiger partial charge is 0.226 e. The predicted molar refractivity (Wildman–Crippen MR) is 82.9 cm³/mol. The van der Waals surface area contributed by atoms with Gasteiger partial charge in [0.05, 0.1) is 12.2 Å². The van der Waals surface area contributed by atoms with Gasteiger partial charge >= 0.3 is 0 Å². The quantitative estimate of drug-likeness (QED) is 0.891. The van der Waals surface area contributed by atoms with Crippen LogP contribution in [0.5, 0.6) is 0 Å². The van der Waals surface area contributed by atoms with Crippen LogP contribution in [0.4, 0.5) is 0 Å². The van der Waals surface area contributed by atoms with Crippen LogP contribution in [-0.2, 0) is 4.79 Å². The van der Waals surface area contributed by atoms with E-state index in [4.69, 9.17) is 0 Å². The van der Waals surface area contributed by atoms with E-state index in [0.29, 0.717) is 6.04 Å². The number of amides is 1. The topological polar surface area (TPSA) is 59.0 Å². The van der Waals surface area contributed by atoms with Gasteiger partial charge in [-0.3, -0.25) is 10.1 Å². The molecule has 1 saturated carbocycles. The summed E-state index contributed by atoms with van der Waals surface area (Å²) in [6.45, 7) is 0. The van der Waals surface area contributed by atoms with E-state index in [2.05, 4.69) is 32.3 Å². The van der Waals surface area contributed by atoms with E-state index in [9.17, 15) is 4.79 Å². The van der Waals surface area contributed by atoms with Gasteiger partial charge in [-0.2, -0.15) is 0 Å². The zero-order valence-corrected chi connectivity index (χ0v) is 12.4. The van der Waals surface area contributed by atoms with Crippen molar-refractivity contribution in [2.75, 3.05) is 0 Å². The number of benzene rings is 1. The molecule has 5 nitrogen and oxygen atoms in total. The lowest BCUT2D eigenvalue weighted by Gasteiger charge is -2.42. The third-order valence-electron chi connectivity index (χ3n) is 4.91. The Morgan fingerprint density at radius 3 is 2.82 bits per heavy atom. The molecule has 4 unspecified atom stereocenters. The molecule has 4 atom stereocenters. The monoisotopic (exact) mass is 296 g/mol. The van der Waals surface area contributed by atoms with Gasteiger partial charge in [0.2, 0.25) is 5.91 Å². The maximum atomic E-state index is 12.6. The Hall–Kier alpha value is -2.14. The standard InChI is InChI=1S/C17H20N4O/c22-17-14-10-13(21-9-8-18-11-21)6-7-15(14)19-16(20-17)12-4-2-1-3-5-12/h1-5,8-9,11,13-16,19H,6-7,10H2,(H,20,22). The summed E-state index contributed by atoms with van der Waals surface area (Å²) in [7, 11) is 0. The summed E-state index contributed by atoms with van der Waals surface area (Å²) in [5.41, 5.74) is 1.12. The minimum atomic E-state index is -0.0697. The van der Waals surface area contributed by atoms with Crippen LogP contribution in [0.1, 0.15) is 37.0 Å². The average Bonchev–Trinajstić information content (AvgIpc) is 3.10. The van der Waals surface area contributed by atoms with Crippen LogP contribution >= 0.6 is 0 Å². The van der Waals surface area contributed by atoms with E-state index in [1.54, 1.807) is 6.20 Å². The number of aromatic nitrogens is 2. The molecule has 0 bridgehead atoms. The third-order valence-corrected chi connectivity index (χ3v) is 4.91. The van der Waals surface area contributed by atoms with Crippen molar-refractivity contribution < 1.29 is 4.79 Å². The Morgan fingerprint density at radius 1 is 1.18 bits per heavy atom. The van der Waals surface area contributed by atoms with Gasteiger partial charge < -0.3 is 9.88 Å². The van der Waals surface area contributed by atoms with Crippen LogP contribution in [0.15, 0.2) is 49.1 Å². The lowest BCUT2D eigenvalue weighted by molar-refractivity contribution is -0.131. The molecule has 2 aromatic rings. The molecule has 5 heteroatoms. The average molecular weight is 296 g/mol. The van der Waals surface area contributed by atoms with Gasteiger partial charge in [0.15, 0.2) is 0 Å². The number of imidazole rings is 1. The van der Waals surface area contributed by atoms with E-state index < -0.39 is 0 Å². The summed E-state index contributed by atoms with van der Waals surface area (Å²) >= 11 is 0. The lowest BCUT2D eigenvalue weighted by atomic mass is 9.79.